The number of Topliss-reactive ketones (excluding diaryl/α,β-unsaturated/α-hetero) is 1. The van der Waals surface area contributed by atoms with Crippen LogP contribution in [0, 0.1) is 29.1 Å². The van der Waals surface area contributed by atoms with Gasteiger partial charge >= 0.3 is 5.97 Å². The zero-order valence-electron chi connectivity index (χ0n) is 22.5. The maximum atomic E-state index is 14.4. The Hall–Kier alpha value is -2.55. The lowest BCUT2D eigenvalue weighted by molar-refractivity contribution is -0.171. The van der Waals surface area contributed by atoms with Crippen LogP contribution in [0.5, 0.6) is 0 Å². The molecule has 1 saturated carbocycles. The minimum atomic E-state index is -1.77. The van der Waals surface area contributed by atoms with Crippen molar-refractivity contribution in [2.75, 3.05) is 0 Å². The Labute approximate surface area is 223 Å². The number of carbonyl (C=O) groups is 3. The number of nitrogens with one attached hydrogen (secondary N) is 1. The zero-order chi connectivity index (χ0) is 27.2. The highest BCUT2D eigenvalue weighted by molar-refractivity contribution is 5.91. The van der Waals surface area contributed by atoms with Crippen molar-refractivity contribution in [3.63, 3.8) is 0 Å². The van der Waals surface area contributed by atoms with Gasteiger partial charge in [-0.15, -0.1) is 0 Å². The molecule has 1 amide bonds. The van der Waals surface area contributed by atoms with Gasteiger partial charge in [-0.2, -0.15) is 0 Å². The van der Waals surface area contributed by atoms with E-state index in [1.54, 1.807) is 6.92 Å². The summed E-state index contributed by atoms with van der Waals surface area (Å²) in [6, 6.07) is 9.80. The molecule has 3 aliphatic heterocycles. The Bertz CT molecular complexity index is 1200. The van der Waals surface area contributed by atoms with Crippen LogP contribution < -0.4 is 5.32 Å². The number of esters is 1. The topological polar surface area (TPSA) is 118 Å². The molecule has 1 spiro atoms. The van der Waals surface area contributed by atoms with E-state index in [1.807, 2.05) is 42.5 Å². The summed E-state index contributed by atoms with van der Waals surface area (Å²) in [6.07, 6.45) is 2.06. The van der Waals surface area contributed by atoms with E-state index in [0.29, 0.717) is 12.8 Å². The molecule has 0 radical (unpaired) electrons. The number of fused-ring (bicyclic) bond motifs is 3. The summed E-state index contributed by atoms with van der Waals surface area (Å²) in [5.41, 5.74) is -2.29. The van der Waals surface area contributed by atoms with Gasteiger partial charge in [-0.05, 0) is 38.2 Å². The molecule has 0 bridgehead atoms. The molecule has 2 aliphatic carbocycles. The molecular formula is C30H37NO7. The molecule has 38 heavy (non-hydrogen) atoms. The number of hydrogen-bond donors (Lipinski definition) is 2. The lowest BCUT2D eigenvalue weighted by atomic mass is 9.50. The fraction of sp³-hybridized carbons (Fsp3) is 0.633. The number of epoxide rings is 2. The second-order valence-electron chi connectivity index (χ2n) is 12.4. The predicted octanol–water partition coefficient (Wildman–Crippen LogP) is 2.37. The monoisotopic (exact) mass is 523 g/mol. The zero-order valence-corrected chi connectivity index (χ0v) is 22.5. The molecule has 2 N–H and O–H groups in total. The highest BCUT2D eigenvalue weighted by Crippen LogP contribution is 2.68. The van der Waals surface area contributed by atoms with Crippen LogP contribution in [-0.2, 0) is 35.0 Å². The maximum absolute atomic E-state index is 14.4. The van der Waals surface area contributed by atoms with E-state index >= 15 is 0 Å². The Kier molecular flexibility index (Phi) is 5.73. The molecule has 8 heteroatoms. The molecule has 3 heterocycles. The molecule has 6 rings (SSSR count). The standard InChI is InChI=1S/C30H37NO7/c1-15-10-9-13-19-24-29(5,38-24)16(2)21-20(14-18-11-7-6-8-12-18)31-27(34)30(19,21)26(36-17(3)32)22-25(37-22)28(4,35)23(15)33/h6-9,11-13,15-16,19-22,24-26,35H,10,14H2,1-5H3,(H,31,34)/b13-9+/t15-,16-,19-,20-,21+,22+,24-,25+,26+,28-,29+,30-/m0/s1. The molecule has 3 saturated heterocycles. The largest absolute Gasteiger partial charge is 0.458 e. The molecule has 1 aromatic carbocycles. The van der Waals surface area contributed by atoms with E-state index in [9.17, 15) is 19.5 Å². The van der Waals surface area contributed by atoms with Crippen LogP contribution in [0.3, 0.4) is 0 Å². The quantitative estimate of drug-likeness (QED) is 0.355. The maximum Gasteiger partial charge on any atom is 0.303 e. The lowest BCUT2D eigenvalue weighted by Crippen LogP contribution is -2.62. The molecule has 5 aliphatic rings. The number of benzene rings is 1. The van der Waals surface area contributed by atoms with Crippen LogP contribution in [0.4, 0.5) is 0 Å². The average molecular weight is 524 g/mol. The van der Waals surface area contributed by atoms with Crippen LogP contribution >= 0.6 is 0 Å². The van der Waals surface area contributed by atoms with Crippen molar-refractivity contribution in [1.29, 1.82) is 0 Å². The molecular weight excluding hydrogens is 486 g/mol. The first-order chi connectivity index (χ1) is 17.9. The van der Waals surface area contributed by atoms with Gasteiger partial charge in [0.1, 0.15) is 29.3 Å². The van der Waals surface area contributed by atoms with Gasteiger partial charge in [-0.3, -0.25) is 14.4 Å². The summed E-state index contributed by atoms with van der Waals surface area (Å²) in [5, 5.41) is 14.6. The van der Waals surface area contributed by atoms with Crippen molar-refractivity contribution in [3.8, 4) is 0 Å². The fourth-order valence-corrected chi connectivity index (χ4v) is 8.06. The van der Waals surface area contributed by atoms with Crippen LogP contribution in [0.2, 0.25) is 0 Å². The van der Waals surface area contributed by atoms with Gasteiger partial charge in [0, 0.05) is 30.7 Å². The summed E-state index contributed by atoms with van der Waals surface area (Å²) >= 11 is 0. The summed E-state index contributed by atoms with van der Waals surface area (Å²) < 4.78 is 18.4. The normalized spacial score (nSPS) is 49.8. The first-order valence-corrected chi connectivity index (χ1v) is 13.7. The third kappa shape index (κ3) is 3.49. The van der Waals surface area contributed by atoms with Crippen LogP contribution in [-0.4, -0.2) is 64.4 Å². The first kappa shape index (κ1) is 25.7. The van der Waals surface area contributed by atoms with Crippen LogP contribution in [0.1, 0.15) is 46.6 Å². The van der Waals surface area contributed by atoms with Gasteiger partial charge in [0.05, 0.1) is 11.7 Å². The Morgan fingerprint density at radius 3 is 2.55 bits per heavy atom. The summed E-state index contributed by atoms with van der Waals surface area (Å²) in [4.78, 5) is 40.2. The molecule has 8 nitrogen and oxygen atoms in total. The fourth-order valence-electron chi connectivity index (χ4n) is 8.06. The number of rotatable bonds is 3. The minimum Gasteiger partial charge on any atom is -0.458 e. The third-order valence-electron chi connectivity index (χ3n) is 10.1. The molecule has 0 aromatic heterocycles. The highest BCUT2D eigenvalue weighted by atomic mass is 16.6. The van der Waals surface area contributed by atoms with Crippen LogP contribution in [0.15, 0.2) is 42.5 Å². The molecule has 1 aromatic rings. The van der Waals surface area contributed by atoms with E-state index in [1.165, 1.54) is 13.8 Å². The molecule has 12 atom stereocenters. The molecule has 204 valence electrons. The van der Waals surface area contributed by atoms with Gasteiger partial charge in [-0.1, -0.05) is 56.3 Å². The van der Waals surface area contributed by atoms with Crippen molar-refractivity contribution < 1.29 is 33.7 Å². The minimum absolute atomic E-state index is 0.0359. The second-order valence-corrected chi connectivity index (χ2v) is 12.4. The van der Waals surface area contributed by atoms with E-state index in [2.05, 4.69) is 19.2 Å². The van der Waals surface area contributed by atoms with Crippen molar-refractivity contribution in [2.45, 2.75) is 89.1 Å². The number of amides is 1. The second kappa shape index (κ2) is 8.47. The van der Waals surface area contributed by atoms with Crippen molar-refractivity contribution in [1.82, 2.24) is 5.32 Å². The van der Waals surface area contributed by atoms with Crippen LogP contribution in [0.25, 0.3) is 0 Å². The van der Waals surface area contributed by atoms with Gasteiger partial charge in [0.2, 0.25) is 5.91 Å². The first-order valence-electron chi connectivity index (χ1n) is 13.7. The summed E-state index contributed by atoms with van der Waals surface area (Å²) in [6.45, 7) is 8.79. The Balaban J connectivity index is 1.52. The number of hydrogen-bond acceptors (Lipinski definition) is 7. The highest BCUT2D eigenvalue weighted by Gasteiger charge is 2.81. The van der Waals surface area contributed by atoms with E-state index in [0.717, 1.165) is 5.56 Å². The van der Waals surface area contributed by atoms with Gasteiger partial charge in [-0.25, -0.2) is 0 Å². The average Bonchev–Trinajstić information content (AvgIpc) is 3.77. The number of aliphatic hydroxyl groups is 1. The number of ketones is 1. The SMILES string of the molecule is CC(=O)O[C@@H]1[C@@H]2O[C@H]2[C@@](C)(O)C(=O)[C@@H](C)C/C=C/[C@H]2[C@@H]3O[C@]3(C)[C@@H](C)[C@@H]3[C@H](Cc4ccccc4)NC(=O)[C@@]312. The predicted molar refractivity (Wildman–Crippen MR) is 137 cm³/mol. The van der Waals surface area contributed by atoms with Crippen molar-refractivity contribution >= 4 is 17.7 Å². The van der Waals surface area contributed by atoms with E-state index in [-0.39, 0.29) is 35.7 Å². The Morgan fingerprint density at radius 2 is 1.87 bits per heavy atom. The van der Waals surface area contributed by atoms with Gasteiger partial charge in [0.25, 0.3) is 0 Å². The third-order valence-corrected chi connectivity index (χ3v) is 10.1. The lowest BCUT2D eigenvalue weighted by Gasteiger charge is -2.49. The number of allylic oxidation sites excluding steroid dienone is 1. The van der Waals surface area contributed by atoms with Crippen molar-refractivity contribution in [3.05, 3.63) is 48.0 Å². The smallest absolute Gasteiger partial charge is 0.303 e. The van der Waals surface area contributed by atoms with E-state index in [4.69, 9.17) is 14.2 Å². The Morgan fingerprint density at radius 1 is 1.16 bits per heavy atom. The molecule has 4 fully saturated rings. The summed E-state index contributed by atoms with van der Waals surface area (Å²) in [5.74, 6) is -2.18. The summed E-state index contributed by atoms with van der Waals surface area (Å²) in [7, 11) is 0. The van der Waals surface area contributed by atoms with E-state index < -0.39 is 52.7 Å². The molecule has 0 unspecified atom stereocenters. The number of ether oxygens (including phenoxy) is 3. The van der Waals surface area contributed by atoms with Gasteiger partial charge in [0.15, 0.2) is 5.78 Å². The number of carbonyl (C=O) groups excluding carboxylic acids is 3. The van der Waals surface area contributed by atoms with Gasteiger partial charge < -0.3 is 24.6 Å². The van der Waals surface area contributed by atoms with Crippen molar-refractivity contribution in [2.24, 2.45) is 29.1 Å².